The minimum Gasteiger partial charge on any atom is -0.756 e. The number of carbonyl (C=O) groups is 2. The van der Waals surface area contributed by atoms with Gasteiger partial charge in [-0.2, -0.15) is 0 Å². The SMILES string of the molecule is CC/C=C\C/C=C\C/C=C\C/C=C\C/C=C\C/C=C\CCCCCCCCCCCCCCCCCCCCC(=O)OC(COC(=O)CCCCCCCCCCCCCCCCCCCCCCCC/C=C\C/C=C\C/C=C\C/C=C\CC)COP(=O)([O-])OCC[N+](C)(C)C. The first kappa shape index (κ1) is 92.4. The van der Waals surface area contributed by atoms with E-state index in [1.165, 1.54) is 225 Å². The monoisotopic (exact) mass is 1360 g/mol. The van der Waals surface area contributed by atoms with E-state index in [1.54, 1.807) is 0 Å². The van der Waals surface area contributed by atoms with E-state index >= 15 is 0 Å². The second-order valence-electron chi connectivity index (χ2n) is 28.0. The van der Waals surface area contributed by atoms with Crippen LogP contribution < -0.4 is 4.89 Å². The Morgan fingerprint density at radius 2 is 0.562 bits per heavy atom. The van der Waals surface area contributed by atoms with Crippen LogP contribution >= 0.6 is 7.82 Å². The molecular formula is C86H152NO8P. The minimum absolute atomic E-state index is 0.0319. The van der Waals surface area contributed by atoms with Gasteiger partial charge in [-0.15, -0.1) is 0 Å². The van der Waals surface area contributed by atoms with E-state index in [2.05, 4.69) is 135 Å². The molecule has 0 rings (SSSR count). The standard InChI is InChI=1S/C86H152NO8P/c1-6-8-10-12-14-16-18-20-22-24-26-28-30-32-34-36-38-40-42-43-45-47-49-51-53-55-57-59-61-63-65-67-69-71-73-75-77-79-86(89)95-84(83-94-96(90,91)93-81-80-87(3,4)5)82-92-85(88)78-76-74-72-70-68-66-64-62-60-58-56-54-52-50-48-46-44-41-39-37-35-33-31-29-27-25-23-21-19-17-15-13-11-9-7-2/h8-11,14-17,20-23,26-29,32,34,38,40,84H,6-7,12-13,18-19,24-25,30-31,33,35-37,39,41-83H2,1-5H3/b10-8-,11-9-,16-14-,17-15-,22-20-,23-21-,28-26-,29-27-,34-32-,40-38-. The topological polar surface area (TPSA) is 111 Å². The van der Waals surface area contributed by atoms with Crippen LogP contribution in [0.1, 0.15) is 361 Å². The molecule has 554 valence electrons. The maximum atomic E-state index is 12.9. The van der Waals surface area contributed by atoms with Crippen molar-refractivity contribution in [2.75, 3.05) is 47.5 Å². The van der Waals surface area contributed by atoms with E-state index in [9.17, 15) is 19.0 Å². The Labute approximate surface area is 594 Å². The molecular weight excluding hydrogens is 1210 g/mol. The second-order valence-corrected chi connectivity index (χ2v) is 29.4. The molecule has 0 N–H and O–H groups in total. The molecule has 0 saturated heterocycles. The zero-order chi connectivity index (χ0) is 69.7. The van der Waals surface area contributed by atoms with Crippen LogP contribution in [-0.4, -0.2) is 70.0 Å². The molecule has 2 unspecified atom stereocenters. The van der Waals surface area contributed by atoms with Gasteiger partial charge in [0.15, 0.2) is 6.10 Å². The largest absolute Gasteiger partial charge is 0.756 e. The van der Waals surface area contributed by atoms with Crippen molar-refractivity contribution in [1.29, 1.82) is 0 Å². The summed E-state index contributed by atoms with van der Waals surface area (Å²) in [5.74, 6) is -0.818. The maximum Gasteiger partial charge on any atom is 0.306 e. The fraction of sp³-hybridized carbons (Fsp3) is 0.744. The molecule has 0 radical (unpaired) electrons. The number of phosphoric ester groups is 1. The highest BCUT2D eigenvalue weighted by Gasteiger charge is 2.22. The molecule has 0 aliphatic carbocycles. The number of allylic oxidation sites excluding steroid dienone is 20. The normalized spacial score (nSPS) is 13.7. The summed E-state index contributed by atoms with van der Waals surface area (Å²) in [6, 6.07) is 0. The molecule has 0 aliphatic heterocycles. The summed E-state index contributed by atoms with van der Waals surface area (Å²) in [4.78, 5) is 38.2. The molecule has 0 aromatic heterocycles. The minimum atomic E-state index is -4.65. The van der Waals surface area contributed by atoms with E-state index in [0.717, 1.165) is 103 Å². The molecule has 0 saturated carbocycles. The predicted molar refractivity (Wildman–Crippen MR) is 415 cm³/mol. The number of carbonyl (C=O) groups excluding carboxylic acids is 2. The number of rotatable bonds is 74. The Bertz CT molecular complexity index is 2040. The Morgan fingerprint density at radius 3 is 0.833 bits per heavy atom. The predicted octanol–water partition coefficient (Wildman–Crippen LogP) is 26.3. The van der Waals surface area contributed by atoms with E-state index < -0.39 is 26.5 Å². The summed E-state index contributed by atoms with van der Waals surface area (Å²) in [5, 5.41) is 0. The molecule has 0 amide bonds. The van der Waals surface area contributed by atoms with Crippen molar-refractivity contribution in [1.82, 2.24) is 0 Å². The third-order valence-electron chi connectivity index (χ3n) is 17.5. The maximum absolute atomic E-state index is 12.9. The zero-order valence-electron chi connectivity index (χ0n) is 63.3. The van der Waals surface area contributed by atoms with Gasteiger partial charge >= 0.3 is 11.9 Å². The summed E-state index contributed by atoms with van der Waals surface area (Å²) >= 11 is 0. The van der Waals surface area contributed by atoms with Crippen LogP contribution in [0, 0.1) is 0 Å². The number of phosphoric acid groups is 1. The number of esters is 2. The van der Waals surface area contributed by atoms with E-state index in [-0.39, 0.29) is 32.0 Å². The highest BCUT2D eigenvalue weighted by Crippen LogP contribution is 2.38. The number of nitrogens with zero attached hydrogens (tertiary/aromatic N) is 1. The Hall–Kier alpha value is -3.59. The molecule has 0 bridgehead atoms. The second kappa shape index (κ2) is 75.6. The van der Waals surface area contributed by atoms with Crippen LogP contribution in [0.15, 0.2) is 122 Å². The third-order valence-corrected chi connectivity index (χ3v) is 18.4. The van der Waals surface area contributed by atoms with Gasteiger partial charge in [-0.3, -0.25) is 14.2 Å². The van der Waals surface area contributed by atoms with Gasteiger partial charge in [0.25, 0.3) is 7.82 Å². The van der Waals surface area contributed by atoms with Crippen molar-refractivity contribution in [3.05, 3.63) is 122 Å². The van der Waals surface area contributed by atoms with Crippen LogP contribution in [0.3, 0.4) is 0 Å². The Balaban J connectivity index is 3.94. The number of hydrogen-bond donors (Lipinski definition) is 0. The molecule has 0 aliphatic rings. The van der Waals surface area contributed by atoms with Crippen LogP contribution in [-0.2, 0) is 32.7 Å². The molecule has 0 spiro atoms. The molecule has 2 atom stereocenters. The summed E-state index contributed by atoms with van der Waals surface area (Å²) in [6.07, 6.45) is 109. The number of ether oxygens (including phenoxy) is 2. The van der Waals surface area contributed by atoms with Gasteiger partial charge in [0.05, 0.1) is 27.7 Å². The molecule has 0 aromatic rings. The van der Waals surface area contributed by atoms with Crippen molar-refractivity contribution >= 4 is 19.8 Å². The van der Waals surface area contributed by atoms with Gasteiger partial charge in [0, 0.05) is 12.8 Å². The molecule has 0 aromatic carbocycles. The highest BCUT2D eigenvalue weighted by molar-refractivity contribution is 7.45. The highest BCUT2D eigenvalue weighted by atomic mass is 31.2. The quantitative estimate of drug-likeness (QED) is 0.0195. The molecule has 96 heavy (non-hydrogen) atoms. The lowest BCUT2D eigenvalue weighted by Crippen LogP contribution is -2.37. The lowest BCUT2D eigenvalue weighted by atomic mass is 10.0. The van der Waals surface area contributed by atoms with E-state index in [0.29, 0.717) is 17.4 Å². The van der Waals surface area contributed by atoms with Crippen LogP contribution in [0.2, 0.25) is 0 Å². The number of quaternary nitrogens is 1. The average Bonchev–Trinajstić information content (AvgIpc) is 2.72. The third kappa shape index (κ3) is 79.4. The van der Waals surface area contributed by atoms with E-state index in [4.69, 9.17) is 18.5 Å². The zero-order valence-corrected chi connectivity index (χ0v) is 64.2. The smallest absolute Gasteiger partial charge is 0.306 e. The molecule has 0 heterocycles. The summed E-state index contributed by atoms with van der Waals surface area (Å²) in [6.45, 7) is 4.06. The summed E-state index contributed by atoms with van der Waals surface area (Å²) in [7, 11) is 1.18. The Morgan fingerprint density at radius 1 is 0.323 bits per heavy atom. The Kier molecular flexibility index (Phi) is 72.8. The van der Waals surface area contributed by atoms with Crippen molar-refractivity contribution in [2.24, 2.45) is 0 Å². The van der Waals surface area contributed by atoms with Crippen LogP contribution in [0.4, 0.5) is 0 Å². The van der Waals surface area contributed by atoms with Crippen molar-refractivity contribution in [3.63, 3.8) is 0 Å². The van der Waals surface area contributed by atoms with Crippen LogP contribution in [0.25, 0.3) is 0 Å². The summed E-state index contributed by atoms with van der Waals surface area (Å²) in [5.41, 5.74) is 0. The van der Waals surface area contributed by atoms with Crippen molar-refractivity contribution in [2.45, 2.75) is 367 Å². The van der Waals surface area contributed by atoms with Gasteiger partial charge in [-0.25, -0.2) is 0 Å². The van der Waals surface area contributed by atoms with E-state index in [1.807, 2.05) is 21.1 Å². The van der Waals surface area contributed by atoms with Crippen LogP contribution in [0.5, 0.6) is 0 Å². The van der Waals surface area contributed by atoms with Gasteiger partial charge in [0.2, 0.25) is 0 Å². The number of unbranched alkanes of at least 4 members (excludes halogenated alkanes) is 40. The molecule has 9 nitrogen and oxygen atoms in total. The van der Waals surface area contributed by atoms with Gasteiger partial charge < -0.3 is 27.9 Å². The van der Waals surface area contributed by atoms with Crippen molar-refractivity contribution in [3.8, 4) is 0 Å². The summed E-state index contributed by atoms with van der Waals surface area (Å²) < 4.78 is 34.4. The number of likely N-dealkylation sites (N-methyl/N-ethyl adjacent to an activating group) is 1. The average molecular weight is 1360 g/mol. The number of hydrogen-bond acceptors (Lipinski definition) is 8. The first-order chi connectivity index (χ1) is 47.0. The molecule has 0 fully saturated rings. The molecule has 10 heteroatoms. The van der Waals surface area contributed by atoms with Crippen molar-refractivity contribution < 1.29 is 42.1 Å². The van der Waals surface area contributed by atoms with Gasteiger partial charge in [-0.05, 0) is 103 Å². The van der Waals surface area contributed by atoms with Gasteiger partial charge in [-0.1, -0.05) is 367 Å². The first-order valence-electron chi connectivity index (χ1n) is 40.2. The fourth-order valence-corrected chi connectivity index (χ4v) is 12.2. The lowest BCUT2D eigenvalue weighted by molar-refractivity contribution is -0.870. The lowest BCUT2D eigenvalue weighted by Gasteiger charge is -2.28. The first-order valence-corrected chi connectivity index (χ1v) is 41.7. The fourth-order valence-electron chi connectivity index (χ4n) is 11.4. The van der Waals surface area contributed by atoms with Gasteiger partial charge in [0.1, 0.15) is 19.8 Å².